The van der Waals surface area contributed by atoms with Crippen molar-refractivity contribution in [3.8, 4) is 0 Å². The molecule has 1 aromatic rings. The molecule has 2 rings (SSSR count). The predicted octanol–water partition coefficient (Wildman–Crippen LogP) is 3.84. The fourth-order valence-corrected chi connectivity index (χ4v) is 4.12. The third-order valence-corrected chi connectivity index (χ3v) is 5.63. The van der Waals surface area contributed by atoms with Crippen LogP contribution in [-0.2, 0) is 4.79 Å². The Bertz CT molecular complexity index is 488. The summed E-state index contributed by atoms with van der Waals surface area (Å²) in [6.07, 6.45) is 2.07. The van der Waals surface area contributed by atoms with Gasteiger partial charge in [-0.2, -0.15) is 0 Å². The van der Waals surface area contributed by atoms with Gasteiger partial charge in [-0.25, -0.2) is 4.31 Å². The smallest absolute Gasteiger partial charge is 0.251 e. The van der Waals surface area contributed by atoms with Gasteiger partial charge in [-0.3, -0.25) is 4.79 Å². The molecule has 1 aliphatic heterocycles. The molecule has 1 aromatic carbocycles. The Morgan fingerprint density at radius 3 is 2.55 bits per heavy atom. The Morgan fingerprint density at radius 1 is 1.35 bits per heavy atom. The summed E-state index contributed by atoms with van der Waals surface area (Å²) in [6.45, 7) is 6.38. The second-order valence-electron chi connectivity index (χ2n) is 4.62. The molecule has 0 fully saturated rings. The molecular weight excluding hydrogens is 383 g/mol. The molecule has 0 saturated carbocycles. The van der Waals surface area contributed by atoms with Gasteiger partial charge in [0.2, 0.25) is 0 Å². The minimum Gasteiger partial charge on any atom is -0.339 e. The van der Waals surface area contributed by atoms with Crippen molar-refractivity contribution in [1.29, 1.82) is 0 Å². The summed E-state index contributed by atoms with van der Waals surface area (Å²) in [4.78, 5) is 14.6. The van der Waals surface area contributed by atoms with Crippen molar-refractivity contribution in [1.82, 2.24) is 9.21 Å². The number of hydrogen-bond donors (Lipinski definition) is 0. The van der Waals surface area contributed by atoms with Gasteiger partial charge in [0.25, 0.3) is 5.91 Å². The number of carbonyl (C=O) groups excluding carboxylic acids is 1. The highest BCUT2D eigenvalue weighted by molar-refractivity contribution is 14.2. The number of likely N-dealkylation sites (N-methyl/N-ethyl adjacent to an activating group) is 1. The second kappa shape index (κ2) is 7.47. The number of carbonyl (C=O) groups is 1. The van der Waals surface area contributed by atoms with Gasteiger partial charge in [0, 0.05) is 46.4 Å². The van der Waals surface area contributed by atoms with Gasteiger partial charge in [0.05, 0.1) is 6.04 Å². The van der Waals surface area contributed by atoms with Crippen LogP contribution < -0.4 is 0 Å². The monoisotopic (exact) mass is 402 g/mol. The van der Waals surface area contributed by atoms with Crippen LogP contribution in [0.2, 0.25) is 0 Å². The molecule has 0 aromatic heterocycles. The number of amides is 1. The summed E-state index contributed by atoms with van der Waals surface area (Å²) in [5.41, 5.74) is 2.09. The van der Waals surface area contributed by atoms with Crippen LogP contribution in [0.4, 0.5) is 0 Å². The first-order valence-corrected chi connectivity index (χ1v) is 10.1. The van der Waals surface area contributed by atoms with E-state index in [-0.39, 0.29) is 11.9 Å². The standard InChI is InChI=1S/C15H19IN2OS/c1-3-17(4-2)15(19)13-10-11-18(20-16)14(13)12-8-6-5-7-9-12/h5-10,14H,3-4,11H2,1-2H3. The molecule has 1 unspecified atom stereocenters. The number of nitrogens with zero attached hydrogens (tertiary/aromatic N) is 2. The normalized spacial score (nSPS) is 18.9. The minimum absolute atomic E-state index is 0.0613. The molecule has 3 nitrogen and oxygen atoms in total. The zero-order valence-electron chi connectivity index (χ0n) is 11.8. The molecule has 0 spiro atoms. The first-order chi connectivity index (χ1) is 9.72. The lowest BCUT2D eigenvalue weighted by atomic mass is 10.00. The quantitative estimate of drug-likeness (QED) is 0.553. The maximum atomic E-state index is 12.7. The summed E-state index contributed by atoms with van der Waals surface area (Å²) in [5, 5.41) is 0. The van der Waals surface area contributed by atoms with Gasteiger partial charge >= 0.3 is 0 Å². The molecule has 1 atom stereocenters. The SMILES string of the molecule is CCN(CC)C(=O)C1=CCN(SI)C1c1ccccc1. The summed E-state index contributed by atoms with van der Waals surface area (Å²) in [5.74, 6) is 0.164. The third-order valence-electron chi connectivity index (χ3n) is 3.58. The topological polar surface area (TPSA) is 23.6 Å². The zero-order valence-corrected chi connectivity index (χ0v) is 14.7. The Kier molecular flexibility index (Phi) is 5.92. The average molecular weight is 402 g/mol. The molecule has 1 amide bonds. The summed E-state index contributed by atoms with van der Waals surface area (Å²) >= 11 is 2.29. The van der Waals surface area contributed by atoms with Gasteiger partial charge in [-0.1, -0.05) is 36.4 Å². The van der Waals surface area contributed by atoms with Crippen molar-refractivity contribution >= 4 is 36.2 Å². The zero-order chi connectivity index (χ0) is 14.5. The van der Waals surface area contributed by atoms with Gasteiger partial charge in [-0.15, -0.1) is 0 Å². The van der Waals surface area contributed by atoms with E-state index in [0.29, 0.717) is 0 Å². The first kappa shape index (κ1) is 15.9. The Labute approximate surface area is 137 Å². The van der Waals surface area contributed by atoms with Gasteiger partial charge in [0.15, 0.2) is 0 Å². The van der Waals surface area contributed by atoms with Crippen LogP contribution in [0.25, 0.3) is 0 Å². The number of rotatable bonds is 5. The van der Waals surface area contributed by atoms with Crippen molar-refractivity contribution in [2.45, 2.75) is 19.9 Å². The maximum Gasteiger partial charge on any atom is 0.251 e. The van der Waals surface area contributed by atoms with Crippen LogP contribution in [0.15, 0.2) is 42.0 Å². The van der Waals surface area contributed by atoms with E-state index in [4.69, 9.17) is 0 Å². The molecule has 0 aliphatic carbocycles. The van der Waals surface area contributed by atoms with E-state index in [1.807, 2.05) is 36.9 Å². The first-order valence-electron chi connectivity index (χ1n) is 6.82. The van der Waals surface area contributed by atoms with Crippen molar-refractivity contribution < 1.29 is 4.79 Å². The lowest BCUT2D eigenvalue weighted by Crippen LogP contribution is -2.34. The number of halogens is 1. The average Bonchev–Trinajstić information content (AvgIpc) is 2.93. The molecule has 1 aliphatic rings. The highest BCUT2D eigenvalue weighted by Gasteiger charge is 2.34. The minimum atomic E-state index is 0.0613. The van der Waals surface area contributed by atoms with Crippen LogP contribution in [-0.4, -0.2) is 34.7 Å². The second-order valence-corrected chi connectivity index (χ2v) is 6.41. The van der Waals surface area contributed by atoms with Crippen LogP contribution >= 0.6 is 30.3 Å². The molecule has 0 bridgehead atoms. The number of hydrogen-bond acceptors (Lipinski definition) is 3. The van der Waals surface area contributed by atoms with Crippen molar-refractivity contribution in [2.24, 2.45) is 0 Å². The molecule has 108 valence electrons. The van der Waals surface area contributed by atoms with Gasteiger partial charge < -0.3 is 4.90 Å². The van der Waals surface area contributed by atoms with E-state index < -0.39 is 0 Å². The fraction of sp³-hybridized carbons (Fsp3) is 0.400. The van der Waals surface area contributed by atoms with Crippen molar-refractivity contribution in [3.05, 3.63) is 47.5 Å². The van der Waals surface area contributed by atoms with Gasteiger partial charge in [-0.05, 0) is 28.5 Å². The molecule has 0 saturated heterocycles. The van der Waals surface area contributed by atoms with Crippen molar-refractivity contribution in [3.63, 3.8) is 0 Å². The Balaban J connectivity index is 2.30. The van der Waals surface area contributed by atoms with E-state index in [1.54, 1.807) is 9.12 Å². The molecular formula is C15H19IN2OS. The summed E-state index contributed by atoms with van der Waals surface area (Å²) in [7, 11) is 1.66. The Hall–Kier alpha value is -0.530. The largest absolute Gasteiger partial charge is 0.339 e. The number of benzene rings is 1. The lowest BCUT2D eigenvalue weighted by Gasteiger charge is -2.27. The van der Waals surface area contributed by atoms with Crippen LogP contribution in [0, 0.1) is 0 Å². The highest BCUT2D eigenvalue weighted by Crippen LogP contribution is 2.40. The fourth-order valence-electron chi connectivity index (χ4n) is 2.51. The lowest BCUT2D eigenvalue weighted by molar-refractivity contribution is -0.127. The van der Waals surface area contributed by atoms with E-state index >= 15 is 0 Å². The summed E-state index contributed by atoms with van der Waals surface area (Å²) < 4.78 is 2.24. The molecule has 0 N–H and O–H groups in total. The molecule has 20 heavy (non-hydrogen) atoms. The van der Waals surface area contributed by atoms with Crippen molar-refractivity contribution in [2.75, 3.05) is 19.6 Å². The van der Waals surface area contributed by atoms with E-state index in [2.05, 4.69) is 43.7 Å². The van der Waals surface area contributed by atoms with Crippen LogP contribution in [0.5, 0.6) is 0 Å². The van der Waals surface area contributed by atoms with Gasteiger partial charge in [0.1, 0.15) is 0 Å². The highest BCUT2D eigenvalue weighted by atomic mass is 127. The van der Waals surface area contributed by atoms with Crippen LogP contribution in [0.3, 0.4) is 0 Å². The van der Waals surface area contributed by atoms with E-state index in [1.165, 1.54) is 5.56 Å². The van der Waals surface area contributed by atoms with Crippen LogP contribution in [0.1, 0.15) is 25.5 Å². The maximum absolute atomic E-state index is 12.7. The molecule has 0 radical (unpaired) electrons. The predicted molar refractivity (Wildman–Crippen MR) is 93.5 cm³/mol. The Morgan fingerprint density at radius 2 is 2.00 bits per heavy atom. The van der Waals surface area contributed by atoms with E-state index in [9.17, 15) is 4.79 Å². The third kappa shape index (κ3) is 3.20. The molecule has 1 heterocycles. The molecule has 5 heteroatoms. The summed E-state index contributed by atoms with van der Waals surface area (Å²) in [6, 6.07) is 10.3. The van der Waals surface area contributed by atoms with E-state index in [0.717, 1.165) is 25.2 Å².